The van der Waals surface area contributed by atoms with Crippen LogP contribution in [0.2, 0.25) is 0 Å². The fourth-order valence-electron chi connectivity index (χ4n) is 1.12. The third-order valence-corrected chi connectivity index (χ3v) is 2.38. The predicted octanol–water partition coefficient (Wildman–Crippen LogP) is 2.05. The van der Waals surface area contributed by atoms with Crippen LogP contribution < -0.4 is 10.5 Å². The molecule has 76 valence electrons. The van der Waals surface area contributed by atoms with Crippen molar-refractivity contribution in [2.24, 2.45) is 5.73 Å². The predicted molar refractivity (Wildman–Crippen MR) is 58.3 cm³/mol. The molecule has 2 N–H and O–H groups in total. The van der Waals surface area contributed by atoms with Gasteiger partial charge in [-0.05, 0) is 30.7 Å². The van der Waals surface area contributed by atoms with Crippen molar-refractivity contribution >= 4 is 21.7 Å². The molecule has 1 aromatic rings. The highest BCUT2D eigenvalue weighted by Crippen LogP contribution is 2.24. The molecule has 4 heteroatoms. The van der Waals surface area contributed by atoms with Gasteiger partial charge < -0.3 is 10.5 Å². The van der Waals surface area contributed by atoms with Gasteiger partial charge in [-0.25, -0.2) is 0 Å². The zero-order chi connectivity index (χ0) is 10.7. The summed E-state index contributed by atoms with van der Waals surface area (Å²) >= 11 is 3.32. The highest BCUT2D eigenvalue weighted by molar-refractivity contribution is 9.10. The Morgan fingerprint density at radius 3 is 2.64 bits per heavy atom. The Balaban J connectivity index is 3.08. The van der Waals surface area contributed by atoms with Crippen LogP contribution in [0.15, 0.2) is 22.7 Å². The van der Waals surface area contributed by atoms with Gasteiger partial charge in [0.25, 0.3) is 0 Å². The Labute approximate surface area is 91.4 Å². The molecule has 0 fully saturated rings. The van der Waals surface area contributed by atoms with Gasteiger partial charge in [0, 0.05) is 4.47 Å². The molecule has 0 bridgehead atoms. The molecule has 0 amide bonds. The summed E-state index contributed by atoms with van der Waals surface area (Å²) in [5, 5.41) is 0. The second-order valence-corrected chi connectivity index (χ2v) is 3.93. The zero-order valence-corrected chi connectivity index (χ0v) is 9.67. The van der Waals surface area contributed by atoms with Crippen LogP contribution in [-0.2, 0) is 4.79 Å². The molecular formula is C10H12BrNO2. The second-order valence-electron chi connectivity index (χ2n) is 3.01. The molecule has 1 rings (SSSR count). The van der Waals surface area contributed by atoms with Crippen molar-refractivity contribution in [2.45, 2.75) is 13.0 Å². The van der Waals surface area contributed by atoms with Crippen molar-refractivity contribution in [3.05, 3.63) is 28.2 Å². The number of hydrogen-bond acceptors (Lipinski definition) is 3. The standard InChI is InChI=1S/C10H12BrNO2/c1-6(13)10(12)7-3-8(11)5-9(4-7)14-2/h3-5,10H,12H2,1-2H3. The molecule has 0 aliphatic carbocycles. The molecule has 0 aliphatic heterocycles. The van der Waals surface area contributed by atoms with Crippen LogP contribution in [0.3, 0.4) is 0 Å². The third kappa shape index (κ3) is 2.56. The van der Waals surface area contributed by atoms with Crippen molar-refractivity contribution in [3.63, 3.8) is 0 Å². The fraction of sp³-hybridized carbons (Fsp3) is 0.300. The first-order valence-corrected chi connectivity index (χ1v) is 4.94. The van der Waals surface area contributed by atoms with E-state index in [4.69, 9.17) is 10.5 Å². The molecule has 3 nitrogen and oxygen atoms in total. The van der Waals surface area contributed by atoms with E-state index in [0.717, 1.165) is 10.0 Å². The van der Waals surface area contributed by atoms with Crippen molar-refractivity contribution in [2.75, 3.05) is 7.11 Å². The van der Waals surface area contributed by atoms with Gasteiger partial charge in [-0.15, -0.1) is 0 Å². The average Bonchev–Trinajstić information content (AvgIpc) is 2.15. The summed E-state index contributed by atoms with van der Waals surface area (Å²) in [4.78, 5) is 11.1. The van der Waals surface area contributed by atoms with Gasteiger partial charge in [0.05, 0.1) is 13.2 Å². The first kappa shape index (κ1) is 11.2. The molecule has 14 heavy (non-hydrogen) atoms. The number of carbonyl (C=O) groups is 1. The molecular weight excluding hydrogens is 246 g/mol. The maximum atomic E-state index is 11.1. The number of benzene rings is 1. The minimum atomic E-state index is -0.582. The van der Waals surface area contributed by atoms with Gasteiger partial charge in [0.15, 0.2) is 5.78 Å². The van der Waals surface area contributed by atoms with Crippen molar-refractivity contribution < 1.29 is 9.53 Å². The largest absolute Gasteiger partial charge is 0.497 e. The van der Waals surface area contributed by atoms with Crippen LogP contribution >= 0.6 is 15.9 Å². The summed E-state index contributed by atoms with van der Waals surface area (Å²) in [7, 11) is 1.57. The lowest BCUT2D eigenvalue weighted by molar-refractivity contribution is -0.118. The van der Waals surface area contributed by atoms with Crippen LogP contribution in [-0.4, -0.2) is 12.9 Å². The molecule has 0 spiro atoms. The molecule has 0 saturated heterocycles. The first-order valence-electron chi connectivity index (χ1n) is 4.15. The van der Waals surface area contributed by atoms with Crippen LogP contribution in [0, 0.1) is 0 Å². The first-order chi connectivity index (χ1) is 6.54. The highest BCUT2D eigenvalue weighted by Gasteiger charge is 2.12. The monoisotopic (exact) mass is 257 g/mol. The number of halogens is 1. The number of ether oxygens (including phenoxy) is 1. The van der Waals surface area contributed by atoms with E-state index in [2.05, 4.69) is 15.9 Å². The Bertz CT molecular complexity index is 352. The van der Waals surface area contributed by atoms with Gasteiger partial charge in [-0.3, -0.25) is 4.79 Å². The Kier molecular flexibility index (Phi) is 3.66. The van der Waals surface area contributed by atoms with Crippen LogP contribution in [0.5, 0.6) is 5.75 Å². The van der Waals surface area contributed by atoms with Crippen molar-refractivity contribution in [1.82, 2.24) is 0 Å². The lowest BCUT2D eigenvalue weighted by atomic mass is 10.0. The Morgan fingerprint density at radius 1 is 1.50 bits per heavy atom. The molecule has 1 unspecified atom stereocenters. The Morgan fingerprint density at radius 2 is 2.14 bits per heavy atom. The number of methoxy groups -OCH3 is 1. The van der Waals surface area contributed by atoms with Crippen molar-refractivity contribution in [3.8, 4) is 5.75 Å². The quantitative estimate of drug-likeness (QED) is 0.902. The zero-order valence-electron chi connectivity index (χ0n) is 8.08. The number of ketones is 1. The molecule has 0 aliphatic rings. The molecule has 0 radical (unpaired) electrons. The minimum Gasteiger partial charge on any atom is -0.497 e. The molecule has 1 atom stereocenters. The van der Waals surface area contributed by atoms with E-state index >= 15 is 0 Å². The van der Waals surface area contributed by atoms with Crippen LogP contribution in [0.25, 0.3) is 0 Å². The van der Waals surface area contributed by atoms with E-state index in [0.29, 0.717) is 5.75 Å². The SMILES string of the molecule is COc1cc(Br)cc(C(N)C(C)=O)c1. The summed E-state index contributed by atoms with van der Waals surface area (Å²) in [6.45, 7) is 1.47. The number of nitrogens with two attached hydrogens (primary N) is 1. The van der Waals surface area contributed by atoms with Gasteiger partial charge in [0.1, 0.15) is 5.75 Å². The van der Waals surface area contributed by atoms with E-state index in [1.54, 1.807) is 13.2 Å². The van der Waals surface area contributed by atoms with Gasteiger partial charge in [-0.1, -0.05) is 15.9 Å². The molecule has 0 heterocycles. The van der Waals surface area contributed by atoms with Gasteiger partial charge in [0.2, 0.25) is 0 Å². The Hall–Kier alpha value is -0.870. The maximum Gasteiger partial charge on any atom is 0.150 e. The number of rotatable bonds is 3. The normalized spacial score (nSPS) is 12.3. The highest BCUT2D eigenvalue weighted by atomic mass is 79.9. The molecule has 0 aromatic heterocycles. The number of hydrogen-bond donors (Lipinski definition) is 1. The van der Waals surface area contributed by atoms with E-state index in [9.17, 15) is 4.79 Å². The molecule has 0 saturated carbocycles. The second kappa shape index (κ2) is 4.57. The topological polar surface area (TPSA) is 52.3 Å². The van der Waals surface area contributed by atoms with Crippen LogP contribution in [0.4, 0.5) is 0 Å². The van der Waals surface area contributed by atoms with Crippen LogP contribution in [0.1, 0.15) is 18.5 Å². The van der Waals surface area contributed by atoms with E-state index in [-0.39, 0.29) is 5.78 Å². The lowest BCUT2D eigenvalue weighted by Crippen LogP contribution is -2.18. The number of carbonyl (C=O) groups excluding carboxylic acids is 1. The fourth-order valence-corrected chi connectivity index (χ4v) is 1.61. The number of Topliss-reactive ketones (excluding diaryl/α,β-unsaturated/α-hetero) is 1. The summed E-state index contributed by atoms with van der Waals surface area (Å²) in [6.07, 6.45) is 0. The average molecular weight is 258 g/mol. The molecule has 1 aromatic carbocycles. The summed E-state index contributed by atoms with van der Waals surface area (Å²) in [6, 6.07) is 4.81. The van der Waals surface area contributed by atoms with Gasteiger partial charge in [-0.2, -0.15) is 0 Å². The summed E-state index contributed by atoms with van der Waals surface area (Å²) < 4.78 is 5.92. The van der Waals surface area contributed by atoms with Crippen molar-refractivity contribution in [1.29, 1.82) is 0 Å². The lowest BCUT2D eigenvalue weighted by Gasteiger charge is -2.10. The smallest absolute Gasteiger partial charge is 0.150 e. The summed E-state index contributed by atoms with van der Waals surface area (Å²) in [5.74, 6) is 0.622. The van der Waals surface area contributed by atoms with E-state index < -0.39 is 6.04 Å². The van der Waals surface area contributed by atoms with E-state index in [1.807, 2.05) is 12.1 Å². The van der Waals surface area contributed by atoms with E-state index in [1.165, 1.54) is 6.92 Å². The summed E-state index contributed by atoms with van der Waals surface area (Å²) in [5.41, 5.74) is 6.46. The maximum absolute atomic E-state index is 11.1. The minimum absolute atomic E-state index is 0.0647. The van der Waals surface area contributed by atoms with Gasteiger partial charge >= 0.3 is 0 Å². The third-order valence-electron chi connectivity index (χ3n) is 1.93.